The molecule has 17 heavy (non-hydrogen) atoms. The van der Waals surface area contributed by atoms with E-state index in [1.165, 1.54) is 38.5 Å². The summed E-state index contributed by atoms with van der Waals surface area (Å²) in [5.74, 6) is 2.14. The van der Waals surface area contributed by atoms with Crippen LogP contribution in [0.2, 0.25) is 0 Å². The molecule has 4 heteroatoms. The van der Waals surface area contributed by atoms with Crippen LogP contribution in [0.1, 0.15) is 56.0 Å². The van der Waals surface area contributed by atoms with Crippen molar-refractivity contribution in [1.29, 1.82) is 0 Å². The maximum Gasteiger partial charge on any atom is 0.265 e. The summed E-state index contributed by atoms with van der Waals surface area (Å²) in [7, 11) is 0. The second-order valence-corrected chi connectivity index (χ2v) is 6.13. The number of nitrogens with zero attached hydrogens (tertiary/aromatic N) is 1. The molecule has 2 aliphatic rings. The summed E-state index contributed by atoms with van der Waals surface area (Å²) in [6, 6.07) is 0. The van der Waals surface area contributed by atoms with Crippen molar-refractivity contribution in [3.63, 3.8) is 0 Å². The van der Waals surface area contributed by atoms with Crippen molar-refractivity contribution in [1.82, 2.24) is 9.97 Å². The molecule has 1 N–H and O–H groups in total. The Morgan fingerprint density at radius 3 is 2.59 bits per heavy atom. The third-order valence-electron chi connectivity index (χ3n) is 3.86. The summed E-state index contributed by atoms with van der Waals surface area (Å²) in [5.41, 5.74) is 0.999. The highest BCUT2D eigenvalue weighted by atomic mass is 79.9. The molecule has 2 fully saturated rings. The molecule has 0 bridgehead atoms. The van der Waals surface area contributed by atoms with Gasteiger partial charge in [0.05, 0.1) is 5.69 Å². The van der Waals surface area contributed by atoms with Crippen LogP contribution in [0.15, 0.2) is 9.27 Å². The van der Waals surface area contributed by atoms with Crippen LogP contribution in [0.5, 0.6) is 0 Å². The molecule has 0 unspecified atom stereocenters. The number of H-pyrrole nitrogens is 1. The van der Waals surface area contributed by atoms with Gasteiger partial charge in [-0.1, -0.05) is 12.8 Å². The number of hydrogen-bond acceptors (Lipinski definition) is 2. The normalized spacial score (nSPS) is 21.0. The Labute approximate surface area is 109 Å². The van der Waals surface area contributed by atoms with Gasteiger partial charge in [0, 0.05) is 12.3 Å². The molecule has 1 aromatic rings. The Bertz CT molecular complexity index is 473. The molecule has 1 heterocycles. The van der Waals surface area contributed by atoms with Crippen LogP contribution in [0.4, 0.5) is 0 Å². The number of hydrogen-bond donors (Lipinski definition) is 1. The predicted molar refractivity (Wildman–Crippen MR) is 70.2 cm³/mol. The average molecular weight is 297 g/mol. The molecule has 0 radical (unpaired) electrons. The summed E-state index contributed by atoms with van der Waals surface area (Å²) >= 11 is 3.40. The molecule has 0 aromatic carbocycles. The van der Waals surface area contributed by atoms with Gasteiger partial charge in [-0.3, -0.25) is 4.79 Å². The van der Waals surface area contributed by atoms with Gasteiger partial charge in [0.2, 0.25) is 0 Å². The summed E-state index contributed by atoms with van der Waals surface area (Å²) in [6.45, 7) is 0. The van der Waals surface area contributed by atoms with Crippen LogP contribution in [-0.4, -0.2) is 9.97 Å². The first-order valence-electron chi connectivity index (χ1n) is 6.52. The van der Waals surface area contributed by atoms with E-state index in [1.807, 2.05) is 0 Å². The maximum absolute atomic E-state index is 11.9. The van der Waals surface area contributed by atoms with Gasteiger partial charge in [0.25, 0.3) is 5.56 Å². The third-order valence-corrected chi connectivity index (χ3v) is 4.62. The fourth-order valence-corrected chi connectivity index (χ4v) is 3.20. The molecule has 0 aliphatic heterocycles. The molecule has 0 spiro atoms. The number of nitrogens with one attached hydrogen (secondary N) is 1. The van der Waals surface area contributed by atoms with Crippen LogP contribution >= 0.6 is 15.9 Å². The summed E-state index contributed by atoms with van der Waals surface area (Å²) in [5, 5.41) is 0. The predicted octanol–water partition coefficient (Wildman–Crippen LogP) is 3.14. The topological polar surface area (TPSA) is 45.8 Å². The first-order chi connectivity index (χ1) is 8.24. The summed E-state index contributed by atoms with van der Waals surface area (Å²) in [6.07, 6.45) is 8.42. The van der Waals surface area contributed by atoms with Gasteiger partial charge in [-0.05, 0) is 47.5 Å². The smallest absolute Gasteiger partial charge is 0.265 e. The molecule has 92 valence electrons. The zero-order valence-corrected chi connectivity index (χ0v) is 11.4. The van der Waals surface area contributed by atoms with E-state index < -0.39 is 0 Å². The minimum absolute atomic E-state index is 0.00227. The van der Waals surface area contributed by atoms with Gasteiger partial charge in [-0.2, -0.15) is 0 Å². The van der Waals surface area contributed by atoms with E-state index in [9.17, 15) is 4.79 Å². The number of aromatic nitrogens is 2. The number of halogens is 1. The molecule has 3 nitrogen and oxygen atoms in total. The molecule has 0 saturated heterocycles. The van der Waals surface area contributed by atoms with Gasteiger partial charge in [0.15, 0.2) is 0 Å². The SMILES string of the molecule is O=c1[nH]c(CC2CC2)nc(C2CCCC2)c1Br. The molecular formula is C13H17BrN2O. The van der Waals surface area contributed by atoms with Crippen molar-refractivity contribution in [2.45, 2.75) is 50.9 Å². The summed E-state index contributed by atoms with van der Waals surface area (Å²) < 4.78 is 0.656. The van der Waals surface area contributed by atoms with E-state index in [-0.39, 0.29) is 5.56 Å². The molecule has 1 aromatic heterocycles. The lowest BCUT2D eigenvalue weighted by atomic mass is 10.0. The second kappa shape index (κ2) is 4.56. The monoisotopic (exact) mass is 296 g/mol. The maximum atomic E-state index is 11.9. The van der Waals surface area contributed by atoms with Gasteiger partial charge < -0.3 is 4.98 Å². The van der Waals surface area contributed by atoms with Gasteiger partial charge in [-0.15, -0.1) is 0 Å². The van der Waals surface area contributed by atoms with Crippen molar-refractivity contribution >= 4 is 15.9 Å². The van der Waals surface area contributed by atoms with E-state index in [0.717, 1.165) is 23.9 Å². The van der Waals surface area contributed by atoms with E-state index in [0.29, 0.717) is 10.4 Å². The lowest BCUT2D eigenvalue weighted by molar-refractivity contribution is 0.663. The van der Waals surface area contributed by atoms with Crippen molar-refractivity contribution in [3.8, 4) is 0 Å². The first-order valence-corrected chi connectivity index (χ1v) is 7.32. The fourth-order valence-electron chi connectivity index (χ4n) is 2.69. The minimum atomic E-state index is -0.00227. The second-order valence-electron chi connectivity index (χ2n) is 5.34. The van der Waals surface area contributed by atoms with Gasteiger partial charge in [-0.25, -0.2) is 4.98 Å². The zero-order chi connectivity index (χ0) is 11.8. The van der Waals surface area contributed by atoms with Crippen molar-refractivity contribution in [2.24, 2.45) is 5.92 Å². The van der Waals surface area contributed by atoms with Crippen LogP contribution in [0, 0.1) is 5.92 Å². The number of aromatic amines is 1. The minimum Gasteiger partial charge on any atom is -0.310 e. The zero-order valence-electron chi connectivity index (χ0n) is 9.84. The molecule has 2 saturated carbocycles. The van der Waals surface area contributed by atoms with Crippen LogP contribution in [0.3, 0.4) is 0 Å². The molecule has 2 aliphatic carbocycles. The lowest BCUT2D eigenvalue weighted by Gasteiger charge is -2.11. The Morgan fingerprint density at radius 2 is 1.94 bits per heavy atom. The van der Waals surface area contributed by atoms with Crippen molar-refractivity contribution in [3.05, 3.63) is 26.3 Å². The first kappa shape index (κ1) is 11.5. The highest BCUT2D eigenvalue weighted by Gasteiger charge is 2.26. The van der Waals surface area contributed by atoms with Crippen LogP contribution in [-0.2, 0) is 6.42 Å². The largest absolute Gasteiger partial charge is 0.310 e. The Balaban J connectivity index is 1.93. The van der Waals surface area contributed by atoms with Crippen molar-refractivity contribution in [2.75, 3.05) is 0 Å². The number of rotatable bonds is 3. The highest BCUT2D eigenvalue weighted by Crippen LogP contribution is 2.36. The average Bonchev–Trinajstić information content (AvgIpc) is 2.95. The molecular weight excluding hydrogens is 280 g/mol. The molecule has 0 amide bonds. The summed E-state index contributed by atoms with van der Waals surface area (Å²) in [4.78, 5) is 19.5. The highest BCUT2D eigenvalue weighted by molar-refractivity contribution is 9.10. The van der Waals surface area contributed by atoms with E-state index in [2.05, 4.69) is 20.9 Å². The Hall–Kier alpha value is -0.640. The molecule has 3 rings (SSSR count). The van der Waals surface area contributed by atoms with Gasteiger partial charge in [0.1, 0.15) is 10.3 Å². The Kier molecular flexibility index (Phi) is 3.07. The quantitative estimate of drug-likeness (QED) is 0.931. The van der Waals surface area contributed by atoms with Crippen molar-refractivity contribution < 1.29 is 0 Å². The third kappa shape index (κ3) is 2.46. The van der Waals surface area contributed by atoms with E-state index >= 15 is 0 Å². The Morgan fingerprint density at radius 1 is 1.24 bits per heavy atom. The van der Waals surface area contributed by atoms with E-state index in [4.69, 9.17) is 4.98 Å². The van der Waals surface area contributed by atoms with Crippen LogP contribution < -0.4 is 5.56 Å². The van der Waals surface area contributed by atoms with Gasteiger partial charge >= 0.3 is 0 Å². The fraction of sp³-hybridized carbons (Fsp3) is 0.692. The van der Waals surface area contributed by atoms with E-state index in [1.54, 1.807) is 0 Å². The van der Waals surface area contributed by atoms with Crippen LogP contribution in [0.25, 0.3) is 0 Å². The molecule has 0 atom stereocenters. The standard InChI is InChI=1S/C13H17BrN2O/c14-11-12(9-3-1-2-4-9)15-10(16-13(11)17)7-8-5-6-8/h8-9H,1-7H2,(H,15,16,17). The lowest BCUT2D eigenvalue weighted by Crippen LogP contribution is -2.17.